The maximum atomic E-state index is 12.5. The smallest absolute Gasteiger partial charge is 0.146 e. The molecule has 18 heavy (non-hydrogen) atoms. The van der Waals surface area contributed by atoms with Crippen LogP contribution in [0, 0.1) is 18.3 Å². The zero-order valence-electron chi connectivity index (χ0n) is 11.2. The van der Waals surface area contributed by atoms with Crippen LogP contribution in [-0.2, 0) is 11.2 Å². The minimum Gasteiger partial charge on any atom is -0.329 e. The maximum absolute atomic E-state index is 12.5. The highest BCUT2D eigenvalue weighted by molar-refractivity contribution is 7.09. The molecule has 2 N–H and O–H groups in total. The number of ketones is 1. The monoisotopic (exact) mass is 266 g/mol. The summed E-state index contributed by atoms with van der Waals surface area (Å²) in [5.41, 5.74) is 6.54. The predicted octanol–water partition coefficient (Wildman–Crippen LogP) is 2.72. The number of carbonyl (C=O) groups is 1. The van der Waals surface area contributed by atoms with Gasteiger partial charge in [-0.3, -0.25) is 4.79 Å². The van der Waals surface area contributed by atoms with Crippen molar-refractivity contribution < 1.29 is 4.79 Å². The van der Waals surface area contributed by atoms with Crippen LogP contribution in [0.5, 0.6) is 0 Å². The summed E-state index contributed by atoms with van der Waals surface area (Å²) in [6.45, 7) is 4.72. The molecule has 1 heterocycles. The van der Waals surface area contributed by atoms with Gasteiger partial charge >= 0.3 is 0 Å². The summed E-state index contributed by atoms with van der Waals surface area (Å²) >= 11 is 1.61. The number of hydrogen-bond acceptors (Lipinski definition) is 4. The second kappa shape index (κ2) is 5.49. The number of rotatable bonds is 4. The Morgan fingerprint density at radius 3 is 2.72 bits per heavy atom. The van der Waals surface area contributed by atoms with E-state index < -0.39 is 0 Å². The second-order valence-corrected chi connectivity index (χ2v) is 6.69. The van der Waals surface area contributed by atoms with Crippen molar-refractivity contribution in [1.82, 2.24) is 4.98 Å². The highest BCUT2D eigenvalue weighted by atomic mass is 32.1. The van der Waals surface area contributed by atoms with Crippen LogP contribution in [0.3, 0.4) is 0 Å². The first-order chi connectivity index (χ1) is 8.55. The Hall–Kier alpha value is -0.740. The van der Waals surface area contributed by atoms with Crippen molar-refractivity contribution in [1.29, 1.82) is 0 Å². The molecule has 0 atom stereocenters. The van der Waals surface area contributed by atoms with Gasteiger partial charge in [-0.1, -0.05) is 6.92 Å². The molecule has 0 bridgehead atoms. The van der Waals surface area contributed by atoms with Crippen LogP contribution >= 0.6 is 11.3 Å². The number of hydrogen-bond donors (Lipinski definition) is 1. The fraction of sp³-hybridized carbons (Fsp3) is 0.714. The van der Waals surface area contributed by atoms with Crippen LogP contribution in [0.1, 0.15) is 43.3 Å². The Kier molecular flexibility index (Phi) is 4.17. The average molecular weight is 266 g/mol. The van der Waals surface area contributed by atoms with Crippen molar-refractivity contribution in [3.8, 4) is 0 Å². The van der Waals surface area contributed by atoms with Gasteiger partial charge in [0.05, 0.1) is 17.1 Å². The lowest BCUT2D eigenvalue weighted by Gasteiger charge is -2.37. The predicted molar refractivity (Wildman–Crippen MR) is 74.7 cm³/mol. The molecule has 1 aromatic rings. The van der Waals surface area contributed by atoms with Crippen LogP contribution in [0.25, 0.3) is 0 Å². The van der Waals surface area contributed by atoms with E-state index in [2.05, 4.69) is 11.9 Å². The van der Waals surface area contributed by atoms with E-state index in [0.29, 0.717) is 18.7 Å². The Morgan fingerprint density at radius 2 is 2.22 bits per heavy atom. The molecule has 1 aromatic heterocycles. The van der Waals surface area contributed by atoms with Crippen molar-refractivity contribution in [3.63, 3.8) is 0 Å². The number of thiazole rings is 1. The molecule has 2 rings (SSSR count). The standard InChI is InChI=1S/C14H22N2OS/c1-10-3-5-14(9-15,6-4-10)13(17)7-12-8-18-11(2)16-12/h8,10H,3-7,9,15H2,1-2H3. The molecule has 0 aromatic carbocycles. The quantitative estimate of drug-likeness (QED) is 0.911. The lowest BCUT2D eigenvalue weighted by atomic mass is 9.67. The summed E-state index contributed by atoms with van der Waals surface area (Å²) in [6.07, 6.45) is 4.60. The highest BCUT2D eigenvalue weighted by Gasteiger charge is 2.39. The molecule has 3 nitrogen and oxygen atoms in total. The van der Waals surface area contributed by atoms with E-state index in [1.807, 2.05) is 12.3 Å². The summed E-state index contributed by atoms with van der Waals surface area (Å²) in [5.74, 6) is 1.03. The molecule has 1 aliphatic carbocycles. The zero-order valence-corrected chi connectivity index (χ0v) is 12.1. The Balaban J connectivity index is 2.06. The number of aryl methyl sites for hydroxylation is 1. The molecule has 100 valence electrons. The third-order valence-corrected chi connectivity index (χ3v) is 5.04. The van der Waals surface area contributed by atoms with Crippen molar-refractivity contribution in [2.75, 3.05) is 6.54 Å². The fourth-order valence-corrected chi connectivity index (χ4v) is 3.37. The van der Waals surface area contributed by atoms with Crippen LogP contribution in [0.2, 0.25) is 0 Å². The van der Waals surface area contributed by atoms with E-state index in [-0.39, 0.29) is 5.41 Å². The van der Waals surface area contributed by atoms with Gasteiger partial charge in [0, 0.05) is 17.3 Å². The van der Waals surface area contributed by atoms with Gasteiger partial charge in [0.2, 0.25) is 0 Å². The van der Waals surface area contributed by atoms with Gasteiger partial charge in [-0.15, -0.1) is 11.3 Å². The third-order valence-electron chi connectivity index (χ3n) is 4.22. The molecule has 0 amide bonds. The van der Waals surface area contributed by atoms with Crippen molar-refractivity contribution in [2.24, 2.45) is 17.1 Å². The minimum absolute atomic E-state index is 0.274. The topological polar surface area (TPSA) is 56.0 Å². The number of Topliss-reactive ketones (excluding diaryl/α,β-unsaturated/α-hetero) is 1. The Morgan fingerprint density at radius 1 is 1.56 bits per heavy atom. The Bertz CT molecular complexity index is 419. The van der Waals surface area contributed by atoms with Crippen molar-refractivity contribution in [3.05, 3.63) is 16.1 Å². The molecule has 0 saturated heterocycles. The molecule has 0 aliphatic heterocycles. The SMILES string of the molecule is Cc1nc(CC(=O)C2(CN)CCC(C)CC2)cs1. The molecule has 1 fully saturated rings. The fourth-order valence-electron chi connectivity index (χ4n) is 2.75. The van der Waals surface area contributed by atoms with E-state index in [9.17, 15) is 4.79 Å². The van der Waals surface area contributed by atoms with Gasteiger partial charge in [-0.2, -0.15) is 0 Å². The first-order valence-corrected chi connectivity index (χ1v) is 7.58. The van der Waals surface area contributed by atoms with E-state index in [1.54, 1.807) is 11.3 Å². The lowest BCUT2D eigenvalue weighted by Crippen LogP contribution is -2.42. The van der Waals surface area contributed by atoms with E-state index in [0.717, 1.165) is 42.3 Å². The number of nitrogens with two attached hydrogens (primary N) is 1. The molecular formula is C14H22N2OS. The third kappa shape index (κ3) is 2.81. The molecule has 0 spiro atoms. The molecule has 1 saturated carbocycles. The summed E-state index contributed by atoms with van der Waals surface area (Å²) in [6, 6.07) is 0. The molecule has 1 aliphatic rings. The summed E-state index contributed by atoms with van der Waals surface area (Å²) < 4.78 is 0. The van der Waals surface area contributed by atoms with Crippen LogP contribution in [0.4, 0.5) is 0 Å². The number of carbonyl (C=O) groups excluding carboxylic acids is 1. The van der Waals surface area contributed by atoms with Crippen LogP contribution in [0.15, 0.2) is 5.38 Å². The van der Waals surface area contributed by atoms with Crippen LogP contribution < -0.4 is 5.73 Å². The molecule has 4 heteroatoms. The normalized spacial score (nSPS) is 28.3. The van der Waals surface area contributed by atoms with E-state index in [1.165, 1.54) is 0 Å². The molecular weight excluding hydrogens is 244 g/mol. The largest absolute Gasteiger partial charge is 0.329 e. The van der Waals surface area contributed by atoms with Gasteiger partial charge in [0.15, 0.2) is 0 Å². The molecule has 0 radical (unpaired) electrons. The van der Waals surface area contributed by atoms with Crippen molar-refractivity contribution >= 4 is 17.1 Å². The average Bonchev–Trinajstić information content (AvgIpc) is 2.76. The first-order valence-electron chi connectivity index (χ1n) is 6.70. The Labute approximate surface area is 113 Å². The van der Waals surface area contributed by atoms with Gasteiger partial charge in [-0.05, 0) is 38.5 Å². The van der Waals surface area contributed by atoms with Crippen LogP contribution in [-0.4, -0.2) is 17.3 Å². The number of aromatic nitrogens is 1. The van der Waals surface area contributed by atoms with Gasteiger partial charge in [0.1, 0.15) is 5.78 Å². The summed E-state index contributed by atoms with van der Waals surface area (Å²) in [4.78, 5) is 16.9. The van der Waals surface area contributed by atoms with Crippen molar-refractivity contribution in [2.45, 2.75) is 46.0 Å². The van der Waals surface area contributed by atoms with Gasteiger partial charge in [-0.25, -0.2) is 4.98 Å². The van der Waals surface area contributed by atoms with Gasteiger partial charge in [0.25, 0.3) is 0 Å². The van der Waals surface area contributed by atoms with E-state index >= 15 is 0 Å². The minimum atomic E-state index is -0.274. The highest BCUT2D eigenvalue weighted by Crippen LogP contribution is 2.39. The first kappa shape index (κ1) is 13.7. The summed E-state index contributed by atoms with van der Waals surface area (Å²) in [5, 5.41) is 3.01. The zero-order chi connectivity index (χ0) is 13.2. The van der Waals surface area contributed by atoms with Gasteiger partial charge < -0.3 is 5.73 Å². The summed E-state index contributed by atoms with van der Waals surface area (Å²) in [7, 11) is 0. The maximum Gasteiger partial charge on any atom is 0.146 e. The second-order valence-electron chi connectivity index (χ2n) is 5.62. The van der Waals surface area contributed by atoms with E-state index in [4.69, 9.17) is 5.73 Å². The molecule has 0 unspecified atom stereocenters. The number of nitrogens with zero attached hydrogens (tertiary/aromatic N) is 1. The lowest BCUT2D eigenvalue weighted by molar-refractivity contribution is -0.129.